The van der Waals surface area contributed by atoms with Crippen LogP contribution in [0.5, 0.6) is 0 Å². The Hall–Kier alpha value is -3.30. The van der Waals surface area contributed by atoms with Gasteiger partial charge in [0.2, 0.25) is 0 Å². The number of carbonyl (C=O) groups excluding carboxylic acids is 1. The molecule has 2 aromatic carbocycles. The van der Waals surface area contributed by atoms with Gasteiger partial charge in [0.05, 0.1) is 11.0 Å². The lowest BCUT2D eigenvalue weighted by Gasteiger charge is -2.10. The Morgan fingerprint density at radius 1 is 1.30 bits per heavy atom. The summed E-state index contributed by atoms with van der Waals surface area (Å²) >= 11 is 5.87. The van der Waals surface area contributed by atoms with Crippen LogP contribution in [0.25, 0.3) is 22.6 Å². The number of carbonyl (C=O) groups is 1. The van der Waals surface area contributed by atoms with Crippen LogP contribution < -0.4 is 5.32 Å². The molecule has 0 saturated carbocycles. The number of aromatic nitrogens is 1. The maximum Gasteiger partial charge on any atom is 0.288 e. The third-order valence-corrected chi connectivity index (χ3v) is 4.73. The van der Waals surface area contributed by atoms with Gasteiger partial charge in [-0.3, -0.25) is 14.9 Å². The number of amides is 1. The Labute approximate surface area is 175 Å². The van der Waals surface area contributed by atoms with Crippen LogP contribution in [0.15, 0.2) is 47.0 Å². The third-order valence-electron chi connectivity index (χ3n) is 4.41. The zero-order valence-corrected chi connectivity index (χ0v) is 16.5. The molecule has 8 nitrogen and oxygen atoms in total. The van der Waals surface area contributed by atoms with Gasteiger partial charge >= 0.3 is 0 Å². The molecule has 3 aromatic rings. The van der Waals surface area contributed by atoms with Crippen molar-refractivity contribution in [2.75, 3.05) is 6.54 Å². The van der Waals surface area contributed by atoms with E-state index in [1.54, 1.807) is 6.92 Å². The number of aliphatic hydroxyl groups is 1. The molecule has 0 aliphatic heterocycles. The summed E-state index contributed by atoms with van der Waals surface area (Å²) in [6, 6.07) is 9.23. The topological polar surface area (TPSA) is 118 Å². The van der Waals surface area contributed by atoms with Gasteiger partial charge in [-0.15, -0.1) is 0 Å². The van der Waals surface area contributed by atoms with Gasteiger partial charge in [0.25, 0.3) is 11.6 Å². The van der Waals surface area contributed by atoms with Crippen LogP contribution in [0.4, 0.5) is 10.1 Å². The standard InChI is InChI=1S/C20H17ClFN3O5/c1-2-14(26)10-23-20(27)17-18(11-3-6-13(22)7-4-11)24-30-19(17)12-5-8-15(21)16(9-12)25(28)29/h3-9,14,26H,2,10H2,1H3,(H,23,27). The summed E-state index contributed by atoms with van der Waals surface area (Å²) in [6.07, 6.45) is -0.312. The van der Waals surface area contributed by atoms with Crippen molar-refractivity contribution in [1.29, 1.82) is 0 Å². The normalized spacial score (nSPS) is 11.9. The van der Waals surface area contributed by atoms with E-state index in [-0.39, 0.29) is 39.8 Å². The molecule has 0 spiro atoms. The quantitative estimate of drug-likeness (QED) is 0.425. The van der Waals surface area contributed by atoms with Crippen LogP contribution in [0.2, 0.25) is 5.02 Å². The lowest BCUT2D eigenvalue weighted by molar-refractivity contribution is -0.384. The van der Waals surface area contributed by atoms with Gasteiger partial charge in [-0.1, -0.05) is 23.7 Å². The summed E-state index contributed by atoms with van der Waals surface area (Å²) in [6.45, 7) is 1.75. The molecule has 30 heavy (non-hydrogen) atoms. The molecule has 0 saturated heterocycles. The second kappa shape index (κ2) is 9.02. The first-order valence-electron chi connectivity index (χ1n) is 8.98. The van der Waals surface area contributed by atoms with Crippen LogP contribution in [0.3, 0.4) is 0 Å². The van der Waals surface area contributed by atoms with Gasteiger partial charge in [0.1, 0.15) is 22.1 Å². The Bertz CT molecular complexity index is 1080. The molecule has 1 heterocycles. The molecule has 156 valence electrons. The fourth-order valence-electron chi connectivity index (χ4n) is 2.74. The number of benzene rings is 2. The van der Waals surface area contributed by atoms with Crippen molar-refractivity contribution >= 4 is 23.2 Å². The summed E-state index contributed by atoms with van der Waals surface area (Å²) in [5, 5.41) is 27.4. The minimum atomic E-state index is -0.747. The van der Waals surface area contributed by atoms with Crippen molar-refractivity contribution in [2.24, 2.45) is 0 Å². The summed E-state index contributed by atoms with van der Waals surface area (Å²) in [5.74, 6) is -1.08. The molecule has 3 rings (SSSR count). The van der Waals surface area contributed by atoms with Crippen LogP contribution in [0, 0.1) is 15.9 Å². The SMILES string of the molecule is CCC(O)CNC(=O)c1c(-c2ccc(F)cc2)noc1-c1ccc(Cl)c([N+](=O)[O-])c1. The monoisotopic (exact) mass is 433 g/mol. The number of rotatable bonds is 7. The largest absolute Gasteiger partial charge is 0.391 e. The highest BCUT2D eigenvalue weighted by atomic mass is 35.5. The molecule has 0 fully saturated rings. The molecule has 0 bridgehead atoms. The Morgan fingerprint density at radius 3 is 2.60 bits per heavy atom. The fourth-order valence-corrected chi connectivity index (χ4v) is 2.93. The van der Waals surface area contributed by atoms with E-state index in [9.17, 15) is 24.4 Å². The number of halogens is 2. The second-order valence-electron chi connectivity index (χ2n) is 6.44. The van der Waals surface area contributed by atoms with Crippen LogP contribution >= 0.6 is 11.6 Å². The second-order valence-corrected chi connectivity index (χ2v) is 6.84. The average molecular weight is 434 g/mol. The van der Waals surface area contributed by atoms with Gasteiger partial charge in [-0.2, -0.15) is 0 Å². The van der Waals surface area contributed by atoms with Crippen molar-refractivity contribution in [3.8, 4) is 22.6 Å². The summed E-state index contributed by atoms with van der Waals surface area (Å²) < 4.78 is 18.7. The van der Waals surface area contributed by atoms with Gasteiger partial charge < -0.3 is 14.9 Å². The van der Waals surface area contributed by atoms with Gasteiger partial charge in [0, 0.05) is 23.7 Å². The van der Waals surface area contributed by atoms with E-state index >= 15 is 0 Å². The van der Waals surface area contributed by atoms with Gasteiger partial charge in [0.15, 0.2) is 5.76 Å². The van der Waals surface area contributed by atoms with E-state index in [1.165, 1.54) is 42.5 Å². The van der Waals surface area contributed by atoms with E-state index in [0.29, 0.717) is 12.0 Å². The fraction of sp³-hybridized carbons (Fsp3) is 0.200. The van der Waals surface area contributed by atoms with Crippen LogP contribution in [-0.4, -0.2) is 33.7 Å². The number of nitrogens with zero attached hydrogens (tertiary/aromatic N) is 2. The molecular formula is C20H17ClFN3O5. The van der Waals surface area contributed by atoms with E-state index in [2.05, 4.69) is 10.5 Å². The van der Waals surface area contributed by atoms with E-state index in [1.807, 2.05) is 0 Å². The van der Waals surface area contributed by atoms with Crippen molar-refractivity contribution in [1.82, 2.24) is 10.5 Å². The number of nitro groups is 1. The molecule has 2 N–H and O–H groups in total. The highest BCUT2D eigenvalue weighted by Gasteiger charge is 2.27. The number of nitrogens with one attached hydrogen (secondary N) is 1. The minimum absolute atomic E-state index is 0.00142. The first-order chi connectivity index (χ1) is 14.3. The third kappa shape index (κ3) is 4.47. The number of aliphatic hydroxyl groups excluding tert-OH is 1. The lowest BCUT2D eigenvalue weighted by Crippen LogP contribution is -2.32. The highest BCUT2D eigenvalue weighted by Crippen LogP contribution is 2.36. The van der Waals surface area contributed by atoms with E-state index in [4.69, 9.17) is 16.1 Å². The van der Waals surface area contributed by atoms with Crippen LogP contribution in [-0.2, 0) is 0 Å². The molecule has 1 unspecified atom stereocenters. The molecular weight excluding hydrogens is 417 g/mol. The number of nitro benzene ring substituents is 1. The van der Waals surface area contributed by atoms with Crippen LogP contribution in [0.1, 0.15) is 23.7 Å². The Kier molecular flexibility index (Phi) is 6.43. The lowest BCUT2D eigenvalue weighted by atomic mass is 10.0. The van der Waals surface area contributed by atoms with Crippen molar-refractivity contribution < 1.29 is 23.7 Å². The number of hydrogen-bond donors (Lipinski definition) is 2. The predicted octanol–water partition coefficient (Wildman–Crippen LogP) is 4.21. The molecule has 1 amide bonds. The summed E-state index contributed by atoms with van der Waals surface area (Å²) in [7, 11) is 0. The smallest absolute Gasteiger partial charge is 0.288 e. The van der Waals surface area contributed by atoms with E-state index in [0.717, 1.165) is 0 Å². The molecule has 0 aliphatic rings. The maximum absolute atomic E-state index is 13.3. The number of hydrogen-bond acceptors (Lipinski definition) is 6. The van der Waals surface area contributed by atoms with Crippen molar-refractivity contribution in [3.05, 3.63) is 69.0 Å². The average Bonchev–Trinajstić information content (AvgIpc) is 3.17. The molecule has 1 atom stereocenters. The molecule has 1 aromatic heterocycles. The molecule has 10 heteroatoms. The zero-order chi connectivity index (χ0) is 21.8. The maximum atomic E-state index is 13.3. The Balaban J connectivity index is 2.11. The minimum Gasteiger partial charge on any atom is -0.391 e. The Morgan fingerprint density at radius 2 is 1.97 bits per heavy atom. The summed E-state index contributed by atoms with van der Waals surface area (Å²) in [5.41, 5.74) is 0.401. The molecule has 0 aliphatic carbocycles. The highest BCUT2D eigenvalue weighted by molar-refractivity contribution is 6.32. The van der Waals surface area contributed by atoms with Gasteiger partial charge in [-0.25, -0.2) is 4.39 Å². The molecule has 0 radical (unpaired) electrons. The van der Waals surface area contributed by atoms with Crippen molar-refractivity contribution in [2.45, 2.75) is 19.4 Å². The summed E-state index contributed by atoms with van der Waals surface area (Å²) in [4.78, 5) is 23.5. The van der Waals surface area contributed by atoms with Crippen molar-refractivity contribution in [3.63, 3.8) is 0 Å². The first-order valence-corrected chi connectivity index (χ1v) is 9.35. The first kappa shape index (κ1) is 21.4. The van der Waals surface area contributed by atoms with Gasteiger partial charge in [-0.05, 0) is 42.8 Å². The zero-order valence-electron chi connectivity index (χ0n) is 15.8. The predicted molar refractivity (Wildman–Crippen MR) is 108 cm³/mol. The van der Waals surface area contributed by atoms with E-state index < -0.39 is 22.8 Å².